The van der Waals surface area contributed by atoms with Crippen molar-refractivity contribution in [2.75, 3.05) is 0 Å². The number of halogens is 1. The Hall–Kier alpha value is -1.95. The summed E-state index contributed by atoms with van der Waals surface area (Å²) in [5, 5.41) is 16.8. The Bertz CT molecular complexity index is 638. The smallest absolute Gasteiger partial charge is 0.305 e. The van der Waals surface area contributed by atoms with Gasteiger partial charge in [-0.1, -0.05) is 16.8 Å². The van der Waals surface area contributed by atoms with Crippen LogP contribution in [0.2, 0.25) is 5.02 Å². The van der Waals surface area contributed by atoms with Crippen molar-refractivity contribution in [3.63, 3.8) is 0 Å². The molecular formula is C10H8ClN3O3. The average molecular weight is 254 g/mol. The molecule has 0 aliphatic rings. The first-order valence-corrected chi connectivity index (χ1v) is 5.20. The van der Waals surface area contributed by atoms with Gasteiger partial charge >= 0.3 is 5.97 Å². The van der Waals surface area contributed by atoms with Gasteiger partial charge in [0.05, 0.1) is 18.4 Å². The van der Waals surface area contributed by atoms with Crippen LogP contribution in [0.5, 0.6) is 0 Å². The number of hydrogen-bond acceptors (Lipinski definition) is 4. The lowest BCUT2D eigenvalue weighted by molar-refractivity contribution is -0.137. The number of fused-ring (bicyclic) bond motifs is 1. The summed E-state index contributed by atoms with van der Waals surface area (Å²) in [6, 6.07) is 4.69. The Morgan fingerprint density at radius 2 is 2.24 bits per heavy atom. The van der Waals surface area contributed by atoms with Gasteiger partial charge in [-0.15, -0.1) is 5.10 Å². The lowest BCUT2D eigenvalue weighted by atomic mass is 10.2. The topological polar surface area (TPSA) is 85.1 Å². The van der Waals surface area contributed by atoms with E-state index in [1.54, 1.807) is 12.1 Å². The number of carbonyl (C=O) groups is 1. The van der Waals surface area contributed by atoms with E-state index in [0.717, 1.165) is 4.68 Å². The van der Waals surface area contributed by atoms with E-state index in [9.17, 15) is 9.59 Å². The molecular weight excluding hydrogens is 246 g/mol. The van der Waals surface area contributed by atoms with E-state index in [2.05, 4.69) is 10.3 Å². The Kier molecular flexibility index (Phi) is 3.06. The van der Waals surface area contributed by atoms with E-state index >= 15 is 0 Å². The highest BCUT2D eigenvalue weighted by molar-refractivity contribution is 6.31. The molecule has 0 aliphatic heterocycles. The number of benzene rings is 1. The molecule has 0 saturated carbocycles. The third-order valence-corrected chi connectivity index (χ3v) is 2.46. The Morgan fingerprint density at radius 3 is 2.94 bits per heavy atom. The van der Waals surface area contributed by atoms with Crippen molar-refractivity contribution in [1.82, 2.24) is 15.0 Å². The molecule has 0 aliphatic carbocycles. The van der Waals surface area contributed by atoms with Gasteiger partial charge in [0.25, 0.3) is 5.56 Å². The number of hydrogen-bond donors (Lipinski definition) is 1. The fourth-order valence-electron chi connectivity index (χ4n) is 1.40. The monoisotopic (exact) mass is 253 g/mol. The molecule has 0 fully saturated rings. The summed E-state index contributed by atoms with van der Waals surface area (Å²) >= 11 is 5.78. The summed E-state index contributed by atoms with van der Waals surface area (Å²) in [7, 11) is 0. The minimum atomic E-state index is -0.995. The minimum Gasteiger partial charge on any atom is -0.481 e. The van der Waals surface area contributed by atoms with Gasteiger partial charge in [0.2, 0.25) is 0 Å². The number of nitrogens with zero attached hydrogens (tertiary/aromatic N) is 3. The number of carboxylic acid groups (broad SMARTS) is 1. The molecule has 17 heavy (non-hydrogen) atoms. The number of aliphatic carboxylic acids is 1. The second kappa shape index (κ2) is 4.50. The van der Waals surface area contributed by atoms with Crippen molar-refractivity contribution in [3.8, 4) is 0 Å². The first-order valence-electron chi connectivity index (χ1n) is 4.83. The summed E-state index contributed by atoms with van der Waals surface area (Å²) in [4.78, 5) is 22.3. The lowest BCUT2D eigenvalue weighted by Crippen LogP contribution is -2.25. The van der Waals surface area contributed by atoms with Crippen LogP contribution in [-0.4, -0.2) is 26.1 Å². The standard InChI is InChI=1S/C10H8ClN3O3/c11-6-1-2-8-7(5-6)10(17)14(13-12-8)4-3-9(15)16/h1-2,5H,3-4H2,(H,15,16). The van der Waals surface area contributed by atoms with Gasteiger partial charge in [0, 0.05) is 5.02 Å². The third kappa shape index (κ3) is 2.42. The van der Waals surface area contributed by atoms with Crippen LogP contribution in [-0.2, 0) is 11.3 Å². The van der Waals surface area contributed by atoms with Gasteiger partial charge in [0.15, 0.2) is 0 Å². The van der Waals surface area contributed by atoms with Crippen molar-refractivity contribution < 1.29 is 9.90 Å². The van der Waals surface area contributed by atoms with Crippen molar-refractivity contribution >= 4 is 28.5 Å². The van der Waals surface area contributed by atoms with Crippen molar-refractivity contribution in [3.05, 3.63) is 33.6 Å². The highest BCUT2D eigenvalue weighted by Crippen LogP contribution is 2.13. The molecule has 0 radical (unpaired) electrons. The predicted octanol–water partition coefficient (Wildman–Crippen LogP) is 0.920. The van der Waals surface area contributed by atoms with Gasteiger partial charge in [-0.05, 0) is 18.2 Å². The molecule has 1 N–H and O–H groups in total. The quantitative estimate of drug-likeness (QED) is 0.879. The van der Waals surface area contributed by atoms with Crippen LogP contribution in [0, 0.1) is 0 Å². The molecule has 0 saturated heterocycles. The molecule has 1 aromatic heterocycles. The minimum absolute atomic E-state index is 0.0103. The second-order valence-electron chi connectivity index (χ2n) is 3.42. The van der Waals surface area contributed by atoms with Crippen LogP contribution in [0.1, 0.15) is 6.42 Å². The van der Waals surface area contributed by atoms with Crippen LogP contribution < -0.4 is 5.56 Å². The first kappa shape index (κ1) is 11.5. The van der Waals surface area contributed by atoms with E-state index in [0.29, 0.717) is 15.9 Å². The van der Waals surface area contributed by atoms with Crippen LogP contribution in [0.4, 0.5) is 0 Å². The molecule has 7 heteroatoms. The maximum atomic E-state index is 11.9. The van der Waals surface area contributed by atoms with E-state index in [4.69, 9.17) is 16.7 Å². The number of aromatic nitrogens is 3. The van der Waals surface area contributed by atoms with Gasteiger partial charge in [0.1, 0.15) is 5.52 Å². The van der Waals surface area contributed by atoms with Crippen molar-refractivity contribution in [2.45, 2.75) is 13.0 Å². The van der Waals surface area contributed by atoms with E-state index < -0.39 is 11.5 Å². The summed E-state index contributed by atoms with van der Waals surface area (Å²) in [5.41, 5.74) is 0.0460. The molecule has 0 unspecified atom stereocenters. The van der Waals surface area contributed by atoms with E-state index in [1.165, 1.54) is 6.07 Å². The van der Waals surface area contributed by atoms with Crippen LogP contribution >= 0.6 is 11.6 Å². The van der Waals surface area contributed by atoms with Crippen LogP contribution in [0.15, 0.2) is 23.0 Å². The molecule has 2 rings (SSSR count). The maximum Gasteiger partial charge on any atom is 0.305 e. The van der Waals surface area contributed by atoms with Crippen molar-refractivity contribution in [2.24, 2.45) is 0 Å². The molecule has 1 heterocycles. The number of rotatable bonds is 3. The fraction of sp³-hybridized carbons (Fsp3) is 0.200. The molecule has 0 spiro atoms. The van der Waals surface area contributed by atoms with E-state index in [1.807, 2.05) is 0 Å². The van der Waals surface area contributed by atoms with Crippen molar-refractivity contribution in [1.29, 1.82) is 0 Å². The fourth-order valence-corrected chi connectivity index (χ4v) is 1.57. The normalized spacial score (nSPS) is 10.6. The highest BCUT2D eigenvalue weighted by atomic mass is 35.5. The van der Waals surface area contributed by atoms with Gasteiger partial charge in [-0.3, -0.25) is 9.59 Å². The molecule has 1 aromatic carbocycles. The number of aryl methyl sites for hydroxylation is 1. The summed E-state index contributed by atoms with van der Waals surface area (Å²) in [6.07, 6.45) is -0.180. The SMILES string of the molecule is O=C(O)CCn1nnc2ccc(Cl)cc2c1=O. The summed E-state index contributed by atoms with van der Waals surface area (Å²) < 4.78 is 1.02. The molecule has 88 valence electrons. The summed E-state index contributed by atoms with van der Waals surface area (Å²) in [6.45, 7) is -0.0103. The Labute approximate surface area is 100 Å². The average Bonchev–Trinajstić information content (AvgIpc) is 2.29. The summed E-state index contributed by atoms with van der Waals surface area (Å²) in [5.74, 6) is -0.995. The lowest BCUT2D eigenvalue weighted by Gasteiger charge is -2.02. The molecule has 0 amide bonds. The van der Waals surface area contributed by atoms with Crippen LogP contribution in [0.25, 0.3) is 10.9 Å². The van der Waals surface area contributed by atoms with Gasteiger partial charge in [-0.25, -0.2) is 4.68 Å². The largest absolute Gasteiger partial charge is 0.481 e. The predicted molar refractivity (Wildman–Crippen MR) is 61.1 cm³/mol. The van der Waals surface area contributed by atoms with Gasteiger partial charge < -0.3 is 5.11 Å². The zero-order valence-electron chi connectivity index (χ0n) is 8.63. The first-order chi connectivity index (χ1) is 8.08. The third-order valence-electron chi connectivity index (χ3n) is 2.22. The Morgan fingerprint density at radius 1 is 1.47 bits per heavy atom. The van der Waals surface area contributed by atoms with E-state index in [-0.39, 0.29) is 13.0 Å². The van der Waals surface area contributed by atoms with Crippen LogP contribution in [0.3, 0.4) is 0 Å². The Balaban J connectivity index is 2.49. The zero-order chi connectivity index (χ0) is 12.4. The molecule has 2 aromatic rings. The highest BCUT2D eigenvalue weighted by Gasteiger charge is 2.07. The maximum absolute atomic E-state index is 11.9. The molecule has 6 nitrogen and oxygen atoms in total. The second-order valence-corrected chi connectivity index (χ2v) is 3.86. The molecule has 0 atom stereocenters. The molecule has 0 bridgehead atoms. The van der Waals surface area contributed by atoms with Gasteiger partial charge in [-0.2, -0.15) is 0 Å². The number of carboxylic acids is 1. The zero-order valence-corrected chi connectivity index (χ0v) is 9.39.